The third-order valence-electron chi connectivity index (χ3n) is 3.77. The van der Waals surface area contributed by atoms with E-state index in [1.807, 2.05) is 0 Å². The van der Waals surface area contributed by atoms with E-state index in [9.17, 15) is 14.0 Å². The quantitative estimate of drug-likeness (QED) is 0.633. The van der Waals surface area contributed by atoms with Crippen molar-refractivity contribution >= 4 is 33.4 Å². The molecule has 2 amide bonds. The fourth-order valence-corrected chi connectivity index (χ4v) is 3.00. The summed E-state index contributed by atoms with van der Waals surface area (Å²) in [5.41, 5.74) is 1.19. The zero-order chi connectivity index (χ0) is 16.8. The molecule has 0 spiro atoms. The summed E-state index contributed by atoms with van der Waals surface area (Å²) in [6.07, 6.45) is 3.23. The number of rotatable bonds is 2. The van der Waals surface area contributed by atoms with Gasteiger partial charge in [-0.3, -0.25) is 9.59 Å². The van der Waals surface area contributed by atoms with Crippen LogP contribution in [0.5, 0.6) is 0 Å². The Morgan fingerprint density at radius 2 is 1.62 bits per heavy atom. The Kier molecular flexibility index (Phi) is 3.31. The van der Waals surface area contributed by atoms with Crippen molar-refractivity contribution in [3.05, 3.63) is 76.3 Å². The van der Waals surface area contributed by atoms with Gasteiger partial charge in [-0.05, 0) is 40.2 Å². The molecule has 5 nitrogen and oxygen atoms in total. The van der Waals surface area contributed by atoms with Crippen molar-refractivity contribution in [1.29, 1.82) is 0 Å². The minimum atomic E-state index is -0.545. The summed E-state index contributed by atoms with van der Waals surface area (Å²) < 4.78 is 16.0. The number of carbonyl (C=O) groups is 2. The lowest BCUT2D eigenvalue weighted by Crippen LogP contribution is -2.30. The minimum Gasteiger partial charge on any atom is -0.268 e. The molecule has 0 aliphatic carbocycles. The Hall–Kier alpha value is -2.80. The normalized spacial score (nSPS) is 13.5. The number of halogens is 2. The summed E-state index contributed by atoms with van der Waals surface area (Å²) in [7, 11) is 0. The van der Waals surface area contributed by atoms with Crippen LogP contribution in [0.1, 0.15) is 20.7 Å². The van der Waals surface area contributed by atoms with Crippen molar-refractivity contribution in [3.8, 4) is 5.69 Å². The molecular weight excluding hydrogens is 377 g/mol. The molecule has 0 N–H and O–H groups in total. The molecule has 1 aliphatic heterocycles. The van der Waals surface area contributed by atoms with Gasteiger partial charge in [0.2, 0.25) is 0 Å². The Morgan fingerprint density at radius 1 is 0.958 bits per heavy atom. The SMILES string of the molecule is O=C1c2ccccc2C(=O)N1c1cc(F)ccc1-n1cc(Br)cn1. The molecule has 4 rings (SSSR count). The molecule has 0 saturated carbocycles. The third kappa shape index (κ3) is 2.16. The first-order valence-electron chi connectivity index (χ1n) is 7.04. The van der Waals surface area contributed by atoms with Gasteiger partial charge in [-0.25, -0.2) is 14.0 Å². The van der Waals surface area contributed by atoms with E-state index in [1.165, 1.54) is 16.8 Å². The molecule has 1 aromatic heterocycles. The van der Waals surface area contributed by atoms with Gasteiger partial charge in [-0.2, -0.15) is 5.10 Å². The second-order valence-electron chi connectivity index (χ2n) is 5.23. The Morgan fingerprint density at radius 3 is 2.21 bits per heavy atom. The van der Waals surface area contributed by atoms with Crippen LogP contribution in [0.15, 0.2) is 59.3 Å². The number of hydrogen-bond acceptors (Lipinski definition) is 3. The second-order valence-corrected chi connectivity index (χ2v) is 6.14. The number of anilines is 1. The van der Waals surface area contributed by atoms with Crippen LogP contribution in [0.3, 0.4) is 0 Å². The van der Waals surface area contributed by atoms with Crippen molar-refractivity contribution in [2.75, 3.05) is 4.90 Å². The number of benzene rings is 2. The number of nitrogens with zero attached hydrogens (tertiary/aromatic N) is 3. The lowest BCUT2D eigenvalue weighted by Gasteiger charge is -2.18. The third-order valence-corrected chi connectivity index (χ3v) is 4.18. The van der Waals surface area contributed by atoms with Gasteiger partial charge >= 0.3 is 0 Å². The van der Waals surface area contributed by atoms with Crippen molar-refractivity contribution in [3.63, 3.8) is 0 Å². The van der Waals surface area contributed by atoms with Gasteiger partial charge in [0.15, 0.2) is 0 Å². The van der Waals surface area contributed by atoms with Crippen molar-refractivity contribution < 1.29 is 14.0 Å². The van der Waals surface area contributed by atoms with Gasteiger partial charge in [0.1, 0.15) is 5.82 Å². The zero-order valence-electron chi connectivity index (χ0n) is 12.1. The van der Waals surface area contributed by atoms with Gasteiger partial charge in [0.05, 0.1) is 33.2 Å². The molecule has 3 aromatic rings. The second kappa shape index (κ2) is 5.38. The largest absolute Gasteiger partial charge is 0.268 e. The predicted octanol–water partition coefficient (Wildman–Crippen LogP) is 3.57. The van der Waals surface area contributed by atoms with Crippen LogP contribution >= 0.6 is 15.9 Å². The maximum Gasteiger partial charge on any atom is 0.266 e. The molecule has 24 heavy (non-hydrogen) atoms. The van der Waals surface area contributed by atoms with Crippen molar-refractivity contribution in [2.24, 2.45) is 0 Å². The molecule has 1 aliphatic rings. The highest BCUT2D eigenvalue weighted by Crippen LogP contribution is 2.33. The summed E-state index contributed by atoms with van der Waals surface area (Å²) >= 11 is 3.29. The number of imide groups is 1. The molecule has 0 saturated heterocycles. The van der Waals surface area contributed by atoms with Crippen LogP contribution in [-0.4, -0.2) is 21.6 Å². The molecule has 0 bridgehead atoms. The predicted molar refractivity (Wildman–Crippen MR) is 88.8 cm³/mol. The molecule has 2 heterocycles. The Labute approximate surface area is 144 Å². The lowest BCUT2D eigenvalue weighted by molar-refractivity contribution is 0.0926. The average Bonchev–Trinajstić information content (AvgIpc) is 3.10. The van der Waals surface area contributed by atoms with Gasteiger partial charge in [-0.15, -0.1) is 0 Å². The summed E-state index contributed by atoms with van der Waals surface area (Å²) in [6.45, 7) is 0. The van der Waals surface area contributed by atoms with Crippen LogP contribution in [0.25, 0.3) is 5.69 Å². The zero-order valence-corrected chi connectivity index (χ0v) is 13.7. The van der Waals surface area contributed by atoms with Gasteiger partial charge in [0.25, 0.3) is 11.8 Å². The van der Waals surface area contributed by atoms with E-state index < -0.39 is 17.6 Å². The molecular formula is C17H9BrFN3O2. The average molecular weight is 386 g/mol. The minimum absolute atomic E-state index is 0.150. The highest BCUT2D eigenvalue weighted by molar-refractivity contribution is 9.10. The highest BCUT2D eigenvalue weighted by atomic mass is 79.9. The molecule has 0 fully saturated rings. The van der Waals surface area contributed by atoms with E-state index in [2.05, 4.69) is 21.0 Å². The molecule has 0 unspecified atom stereocenters. The highest BCUT2D eigenvalue weighted by Gasteiger charge is 2.37. The summed E-state index contributed by atoms with van der Waals surface area (Å²) in [5.74, 6) is -1.50. The van der Waals surface area contributed by atoms with Crippen LogP contribution in [0, 0.1) is 5.82 Å². The summed E-state index contributed by atoms with van der Waals surface area (Å²) in [5, 5.41) is 4.15. The van der Waals surface area contributed by atoms with Gasteiger partial charge < -0.3 is 0 Å². The first kappa shape index (κ1) is 14.8. The topological polar surface area (TPSA) is 55.2 Å². The van der Waals surface area contributed by atoms with Crippen LogP contribution in [0.2, 0.25) is 0 Å². The standard InChI is InChI=1S/C17H9BrFN3O2/c18-10-8-20-21(9-10)14-6-5-11(19)7-15(14)22-16(23)12-3-1-2-4-13(12)17(22)24/h1-9H. The fraction of sp³-hybridized carbons (Fsp3) is 0. The first-order valence-corrected chi connectivity index (χ1v) is 7.83. The number of hydrogen-bond donors (Lipinski definition) is 0. The van der Waals surface area contributed by atoms with E-state index >= 15 is 0 Å². The van der Waals surface area contributed by atoms with Crippen LogP contribution in [-0.2, 0) is 0 Å². The monoisotopic (exact) mass is 385 g/mol. The van der Waals surface area contributed by atoms with E-state index in [-0.39, 0.29) is 5.69 Å². The van der Waals surface area contributed by atoms with E-state index in [4.69, 9.17) is 0 Å². The fourth-order valence-electron chi connectivity index (χ4n) is 2.71. The van der Waals surface area contributed by atoms with E-state index in [0.717, 1.165) is 15.4 Å². The Balaban J connectivity index is 1.90. The van der Waals surface area contributed by atoms with Gasteiger partial charge in [0, 0.05) is 12.3 Å². The smallest absolute Gasteiger partial charge is 0.266 e. The molecule has 0 atom stereocenters. The maximum atomic E-state index is 13.8. The summed E-state index contributed by atoms with van der Waals surface area (Å²) in [4.78, 5) is 26.3. The van der Waals surface area contributed by atoms with Crippen molar-refractivity contribution in [2.45, 2.75) is 0 Å². The molecule has 7 heteroatoms. The molecule has 118 valence electrons. The van der Waals surface area contributed by atoms with Crippen LogP contribution < -0.4 is 4.90 Å². The lowest BCUT2D eigenvalue weighted by atomic mass is 10.1. The van der Waals surface area contributed by atoms with Gasteiger partial charge in [-0.1, -0.05) is 12.1 Å². The number of fused-ring (bicyclic) bond motifs is 1. The maximum absolute atomic E-state index is 13.8. The molecule has 0 radical (unpaired) electrons. The summed E-state index contributed by atoms with van der Waals surface area (Å²) in [6, 6.07) is 10.4. The molecule has 2 aromatic carbocycles. The number of carbonyl (C=O) groups excluding carboxylic acids is 2. The number of amides is 2. The first-order chi connectivity index (χ1) is 11.6. The van der Waals surface area contributed by atoms with E-state index in [0.29, 0.717) is 16.8 Å². The Bertz CT molecular complexity index is 964. The number of aromatic nitrogens is 2. The van der Waals surface area contributed by atoms with E-state index in [1.54, 1.807) is 36.7 Å². The van der Waals surface area contributed by atoms with Crippen LogP contribution in [0.4, 0.5) is 10.1 Å². The van der Waals surface area contributed by atoms with Crippen molar-refractivity contribution in [1.82, 2.24) is 9.78 Å².